The molecule has 1 N–H and O–H groups in total. The summed E-state index contributed by atoms with van der Waals surface area (Å²) in [5.41, 5.74) is 1.45. The van der Waals surface area contributed by atoms with Gasteiger partial charge in [0.25, 0.3) is 5.91 Å². The van der Waals surface area contributed by atoms with Crippen molar-refractivity contribution in [3.05, 3.63) is 53.1 Å². The van der Waals surface area contributed by atoms with E-state index in [1.807, 2.05) is 12.1 Å². The molecule has 26 heavy (non-hydrogen) atoms. The van der Waals surface area contributed by atoms with Crippen molar-refractivity contribution in [1.82, 2.24) is 5.32 Å². The van der Waals surface area contributed by atoms with Gasteiger partial charge in [0.1, 0.15) is 0 Å². The van der Waals surface area contributed by atoms with Crippen LogP contribution in [0.15, 0.2) is 42.5 Å². The summed E-state index contributed by atoms with van der Waals surface area (Å²) in [7, 11) is 3.14. The molecule has 1 heterocycles. The third-order valence-electron chi connectivity index (χ3n) is 4.23. The lowest BCUT2D eigenvalue weighted by Crippen LogP contribution is -2.38. The molecule has 1 saturated heterocycles. The zero-order valence-corrected chi connectivity index (χ0v) is 15.2. The Morgan fingerprint density at radius 1 is 1.08 bits per heavy atom. The maximum absolute atomic E-state index is 12.6. The zero-order valence-electron chi connectivity index (χ0n) is 14.5. The molecule has 2 aromatic carbocycles. The lowest BCUT2D eigenvalue weighted by atomic mass is 10.1. The molecule has 0 spiro atoms. The predicted molar refractivity (Wildman–Crippen MR) is 98.7 cm³/mol. The number of rotatable bonds is 6. The van der Waals surface area contributed by atoms with E-state index in [1.54, 1.807) is 44.6 Å². The van der Waals surface area contributed by atoms with Gasteiger partial charge in [0, 0.05) is 11.6 Å². The first-order chi connectivity index (χ1) is 12.5. The van der Waals surface area contributed by atoms with Gasteiger partial charge < -0.3 is 14.8 Å². The second-order valence-electron chi connectivity index (χ2n) is 5.87. The number of ether oxygens (including phenoxy) is 2. The minimum absolute atomic E-state index is 0.120. The standard InChI is InChI=1S/C19H19ClN2O4/c1-25-16-8-3-12(9-17(16)26-2)11-21-15-10-18(23)22(19(15)24)14-6-4-13(20)5-7-14/h3-9,15,21H,10-11H2,1-2H3. The summed E-state index contributed by atoms with van der Waals surface area (Å²) in [6.07, 6.45) is 0.120. The van der Waals surface area contributed by atoms with E-state index in [4.69, 9.17) is 21.1 Å². The van der Waals surface area contributed by atoms with Gasteiger partial charge in [-0.3, -0.25) is 9.59 Å². The highest BCUT2D eigenvalue weighted by Crippen LogP contribution is 2.28. The van der Waals surface area contributed by atoms with Crippen LogP contribution in [0.4, 0.5) is 5.69 Å². The molecule has 136 valence electrons. The zero-order chi connectivity index (χ0) is 18.7. The third kappa shape index (κ3) is 3.66. The summed E-state index contributed by atoms with van der Waals surface area (Å²) >= 11 is 5.86. The average molecular weight is 375 g/mol. The van der Waals surface area contributed by atoms with Crippen molar-refractivity contribution in [1.29, 1.82) is 0 Å². The second kappa shape index (κ2) is 7.76. The van der Waals surface area contributed by atoms with Crippen LogP contribution in [0.3, 0.4) is 0 Å². The SMILES string of the molecule is COc1ccc(CNC2CC(=O)N(c3ccc(Cl)cc3)C2=O)cc1OC. The number of anilines is 1. The molecule has 2 amide bonds. The highest BCUT2D eigenvalue weighted by atomic mass is 35.5. The van der Waals surface area contributed by atoms with Crippen LogP contribution in [0.1, 0.15) is 12.0 Å². The fourth-order valence-corrected chi connectivity index (χ4v) is 3.01. The fraction of sp³-hybridized carbons (Fsp3) is 0.263. The van der Waals surface area contributed by atoms with E-state index in [-0.39, 0.29) is 18.2 Å². The molecular weight excluding hydrogens is 356 g/mol. The Kier molecular flexibility index (Phi) is 5.44. The van der Waals surface area contributed by atoms with Crippen molar-refractivity contribution < 1.29 is 19.1 Å². The van der Waals surface area contributed by atoms with E-state index in [9.17, 15) is 9.59 Å². The summed E-state index contributed by atoms with van der Waals surface area (Å²) in [4.78, 5) is 26.1. The molecule has 0 aliphatic carbocycles. The van der Waals surface area contributed by atoms with Crippen molar-refractivity contribution in [3.63, 3.8) is 0 Å². The molecule has 6 nitrogen and oxygen atoms in total. The van der Waals surface area contributed by atoms with Gasteiger partial charge in [-0.25, -0.2) is 4.90 Å². The fourth-order valence-electron chi connectivity index (χ4n) is 2.88. The number of nitrogens with one attached hydrogen (secondary N) is 1. The molecular formula is C19H19ClN2O4. The van der Waals surface area contributed by atoms with E-state index in [0.717, 1.165) is 5.56 Å². The van der Waals surface area contributed by atoms with Gasteiger partial charge in [-0.15, -0.1) is 0 Å². The smallest absolute Gasteiger partial charge is 0.251 e. The van der Waals surface area contributed by atoms with E-state index < -0.39 is 6.04 Å². The molecule has 1 fully saturated rings. The quantitative estimate of drug-likeness (QED) is 0.787. The average Bonchev–Trinajstić information content (AvgIpc) is 2.94. The lowest BCUT2D eigenvalue weighted by molar-refractivity contribution is -0.121. The number of imide groups is 1. The second-order valence-corrected chi connectivity index (χ2v) is 6.31. The molecule has 1 atom stereocenters. The van der Waals surface area contributed by atoms with Crippen molar-refractivity contribution in [2.75, 3.05) is 19.1 Å². The number of methoxy groups -OCH3 is 2. The molecule has 2 aromatic rings. The van der Waals surface area contributed by atoms with Crippen LogP contribution < -0.4 is 19.7 Å². The molecule has 0 radical (unpaired) electrons. The monoisotopic (exact) mass is 374 g/mol. The maximum Gasteiger partial charge on any atom is 0.251 e. The minimum Gasteiger partial charge on any atom is -0.493 e. The first-order valence-corrected chi connectivity index (χ1v) is 8.48. The number of carbonyl (C=O) groups is 2. The van der Waals surface area contributed by atoms with E-state index >= 15 is 0 Å². The number of halogens is 1. The number of hydrogen-bond donors (Lipinski definition) is 1. The van der Waals surface area contributed by atoms with Gasteiger partial charge in [-0.1, -0.05) is 17.7 Å². The van der Waals surface area contributed by atoms with Crippen LogP contribution in [0.5, 0.6) is 11.5 Å². The Hall–Kier alpha value is -2.57. The normalized spacial score (nSPS) is 16.9. The summed E-state index contributed by atoms with van der Waals surface area (Å²) in [5.74, 6) is 0.751. The summed E-state index contributed by atoms with van der Waals surface area (Å²) in [6, 6.07) is 11.6. The van der Waals surface area contributed by atoms with Crippen LogP contribution in [-0.2, 0) is 16.1 Å². The topological polar surface area (TPSA) is 67.9 Å². The number of carbonyl (C=O) groups excluding carboxylic acids is 2. The van der Waals surface area contributed by atoms with Gasteiger partial charge in [-0.2, -0.15) is 0 Å². The van der Waals surface area contributed by atoms with Crippen molar-refractivity contribution in [2.24, 2.45) is 0 Å². The van der Waals surface area contributed by atoms with Crippen LogP contribution in [0.2, 0.25) is 5.02 Å². The largest absolute Gasteiger partial charge is 0.493 e. The molecule has 0 saturated carbocycles. The molecule has 0 aromatic heterocycles. The van der Waals surface area contributed by atoms with Crippen molar-refractivity contribution >= 4 is 29.1 Å². The Morgan fingerprint density at radius 3 is 2.42 bits per heavy atom. The van der Waals surface area contributed by atoms with Crippen LogP contribution in [-0.4, -0.2) is 32.1 Å². The lowest BCUT2D eigenvalue weighted by Gasteiger charge is -2.16. The first kappa shape index (κ1) is 18.2. The first-order valence-electron chi connectivity index (χ1n) is 8.10. The van der Waals surface area contributed by atoms with Gasteiger partial charge in [0.05, 0.1) is 32.4 Å². The Bertz CT molecular complexity index is 823. The van der Waals surface area contributed by atoms with Gasteiger partial charge in [0.2, 0.25) is 5.91 Å². The predicted octanol–water partition coefficient (Wildman–Crippen LogP) is 2.78. The molecule has 1 unspecified atom stereocenters. The highest BCUT2D eigenvalue weighted by Gasteiger charge is 2.39. The molecule has 1 aliphatic rings. The number of benzene rings is 2. The molecule has 7 heteroatoms. The van der Waals surface area contributed by atoms with Crippen molar-refractivity contribution in [2.45, 2.75) is 19.0 Å². The molecule has 3 rings (SSSR count). The number of hydrogen-bond acceptors (Lipinski definition) is 5. The minimum atomic E-state index is -0.564. The number of nitrogens with zero attached hydrogens (tertiary/aromatic N) is 1. The van der Waals surface area contributed by atoms with Crippen LogP contribution in [0.25, 0.3) is 0 Å². The van der Waals surface area contributed by atoms with E-state index in [0.29, 0.717) is 28.8 Å². The third-order valence-corrected chi connectivity index (χ3v) is 4.48. The Balaban J connectivity index is 1.69. The van der Waals surface area contributed by atoms with Crippen LogP contribution >= 0.6 is 11.6 Å². The van der Waals surface area contributed by atoms with Gasteiger partial charge in [0.15, 0.2) is 11.5 Å². The Morgan fingerprint density at radius 2 is 1.77 bits per heavy atom. The van der Waals surface area contributed by atoms with Crippen LogP contribution in [0, 0.1) is 0 Å². The maximum atomic E-state index is 12.6. The summed E-state index contributed by atoms with van der Waals surface area (Å²) in [5, 5.41) is 3.70. The van der Waals surface area contributed by atoms with E-state index in [1.165, 1.54) is 4.90 Å². The van der Waals surface area contributed by atoms with Gasteiger partial charge >= 0.3 is 0 Å². The van der Waals surface area contributed by atoms with E-state index in [2.05, 4.69) is 5.32 Å². The highest BCUT2D eigenvalue weighted by molar-refractivity contribution is 6.30. The molecule has 1 aliphatic heterocycles. The Labute approximate surface area is 156 Å². The molecule has 0 bridgehead atoms. The summed E-state index contributed by atoms with van der Waals surface area (Å²) in [6.45, 7) is 0.429. The number of amides is 2. The van der Waals surface area contributed by atoms with Crippen molar-refractivity contribution in [3.8, 4) is 11.5 Å². The van der Waals surface area contributed by atoms with Gasteiger partial charge in [-0.05, 0) is 42.0 Å². The summed E-state index contributed by atoms with van der Waals surface area (Å²) < 4.78 is 10.5.